The fourth-order valence-electron chi connectivity index (χ4n) is 1.73. The molecule has 1 aromatic heterocycles. The van der Waals surface area contributed by atoms with Gasteiger partial charge in [0.05, 0.1) is 16.3 Å². The summed E-state index contributed by atoms with van der Waals surface area (Å²) in [7, 11) is -3.65. The van der Waals surface area contributed by atoms with Crippen molar-refractivity contribution < 1.29 is 8.42 Å². The van der Waals surface area contributed by atoms with E-state index in [0.717, 1.165) is 5.56 Å². The highest BCUT2D eigenvalue weighted by molar-refractivity contribution is 7.92. The van der Waals surface area contributed by atoms with Crippen molar-refractivity contribution in [3.05, 3.63) is 47.8 Å². The van der Waals surface area contributed by atoms with Crippen LogP contribution in [0.1, 0.15) is 11.3 Å². The molecule has 0 bridgehead atoms. The molecule has 0 aliphatic carbocycles. The average Bonchev–Trinajstić information content (AvgIpc) is 2.31. The molecule has 0 atom stereocenters. The Labute approximate surface area is 112 Å². The Morgan fingerprint density at radius 2 is 1.95 bits per heavy atom. The molecule has 0 saturated carbocycles. The van der Waals surface area contributed by atoms with Gasteiger partial charge in [0.25, 0.3) is 10.0 Å². The lowest BCUT2D eigenvalue weighted by molar-refractivity contribution is 0.601. The molecule has 3 N–H and O–H groups in total. The minimum Gasteiger partial charge on any atom is -0.399 e. The molecule has 1 aromatic carbocycles. The van der Waals surface area contributed by atoms with Crippen molar-refractivity contribution in [1.82, 2.24) is 4.98 Å². The number of nitrogens with zero attached hydrogens (tertiary/aromatic N) is 1. The van der Waals surface area contributed by atoms with Crippen LogP contribution in [0, 0.1) is 13.8 Å². The summed E-state index contributed by atoms with van der Waals surface area (Å²) < 4.78 is 27.0. The normalized spacial score (nSPS) is 11.3. The number of rotatable bonds is 3. The van der Waals surface area contributed by atoms with Crippen molar-refractivity contribution >= 4 is 21.4 Å². The third kappa shape index (κ3) is 3.03. The van der Waals surface area contributed by atoms with Gasteiger partial charge in [0.1, 0.15) is 0 Å². The van der Waals surface area contributed by atoms with Gasteiger partial charge >= 0.3 is 0 Å². The Bertz CT molecular complexity index is 691. The summed E-state index contributed by atoms with van der Waals surface area (Å²) in [6.07, 6.45) is 1.61. The summed E-state index contributed by atoms with van der Waals surface area (Å²) in [5.74, 6) is 0. The lowest BCUT2D eigenvalue weighted by Gasteiger charge is -2.10. The van der Waals surface area contributed by atoms with E-state index >= 15 is 0 Å². The Balaban J connectivity index is 2.41. The van der Waals surface area contributed by atoms with Gasteiger partial charge < -0.3 is 5.73 Å². The van der Waals surface area contributed by atoms with Crippen LogP contribution in [0.15, 0.2) is 41.4 Å². The second kappa shape index (κ2) is 4.89. The fourth-order valence-corrected chi connectivity index (χ4v) is 2.98. The Hall–Kier alpha value is -2.08. The van der Waals surface area contributed by atoms with Crippen LogP contribution in [0.4, 0.5) is 11.4 Å². The van der Waals surface area contributed by atoms with Gasteiger partial charge in [-0.05, 0) is 49.7 Å². The first-order valence-electron chi connectivity index (χ1n) is 5.70. The van der Waals surface area contributed by atoms with Crippen molar-refractivity contribution in [3.8, 4) is 0 Å². The summed E-state index contributed by atoms with van der Waals surface area (Å²) in [6, 6.07) is 8.06. The second-order valence-corrected chi connectivity index (χ2v) is 6.00. The van der Waals surface area contributed by atoms with E-state index in [0.29, 0.717) is 17.1 Å². The quantitative estimate of drug-likeness (QED) is 0.841. The average molecular weight is 277 g/mol. The molecule has 6 heteroatoms. The second-order valence-electron chi connectivity index (χ2n) is 4.32. The molecule has 0 amide bonds. The Morgan fingerprint density at radius 1 is 1.21 bits per heavy atom. The fraction of sp³-hybridized carbons (Fsp3) is 0.154. The monoisotopic (exact) mass is 277 g/mol. The largest absolute Gasteiger partial charge is 0.399 e. The number of aryl methyl sites for hydroxylation is 2. The molecule has 0 aliphatic heterocycles. The smallest absolute Gasteiger partial charge is 0.262 e. The molecule has 0 fully saturated rings. The lowest BCUT2D eigenvalue weighted by atomic mass is 10.2. The van der Waals surface area contributed by atoms with Gasteiger partial charge in [-0.1, -0.05) is 0 Å². The molecule has 0 saturated heterocycles. The van der Waals surface area contributed by atoms with Crippen LogP contribution in [0.3, 0.4) is 0 Å². The highest BCUT2D eigenvalue weighted by Gasteiger charge is 2.16. The van der Waals surface area contributed by atoms with Gasteiger partial charge in [-0.2, -0.15) is 0 Å². The maximum atomic E-state index is 12.3. The van der Waals surface area contributed by atoms with Crippen LogP contribution in [0.5, 0.6) is 0 Å². The number of hydrogen-bond acceptors (Lipinski definition) is 4. The molecular formula is C13H15N3O2S. The molecule has 0 spiro atoms. The molecule has 100 valence electrons. The number of benzene rings is 1. The van der Waals surface area contributed by atoms with Gasteiger partial charge in [0.15, 0.2) is 0 Å². The zero-order valence-electron chi connectivity index (χ0n) is 10.7. The lowest BCUT2D eigenvalue weighted by Crippen LogP contribution is -2.14. The summed E-state index contributed by atoms with van der Waals surface area (Å²) >= 11 is 0. The first-order chi connectivity index (χ1) is 8.88. The number of pyridine rings is 1. The number of nitrogen functional groups attached to an aromatic ring is 1. The molecule has 0 unspecified atom stereocenters. The van der Waals surface area contributed by atoms with E-state index in [1.54, 1.807) is 44.3 Å². The predicted molar refractivity (Wildman–Crippen MR) is 75.4 cm³/mol. The number of nitrogens with two attached hydrogens (primary N) is 1. The number of nitrogens with one attached hydrogen (secondary N) is 1. The SMILES string of the molecule is Cc1cc(N)cc(S(=O)(=O)Nc2cccnc2C)c1. The predicted octanol–water partition coefficient (Wildman–Crippen LogP) is 2.08. The topological polar surface area (TPSA) is 85.1 Å². The highest BCUT2D eigenvalue weighted by atomic mass is 32.2. The molecule has 1 heterocycles. The number of sulfonamides is 1. The summed E-state index contributed by atoms with van der Waals surface area (Å²) in [6.45, 7) is 3.53. The molecule has 0 radical (unpaired) electrons. The van der Waals surface area contributed by atoms with Crippen LogP contribution in [-0.4, -0.2) is 13.4 Å². The zero-order chi connectivity index (χ0) is 14.0. The first kappa shape index (κ1) is 13.4. The van der Waals surface area contributed by atoms with Crippen LogP contribution >= 0.6 is 0 Å². The Kier molecular flexibility index (Phi) is 3.44. The van der Waals surface area contributed by atoms with Crippen molar-refractivity contribution in [3.63, 3.8) is 0 Å². The van der Waals surface area contributed by atoms with Crippen LogP contribution in [0.25, 0.3) is 0 Å². The number of hydrogen-bond donors (Lipinski definition) is 2. The van der Waals surface area contributed by atoms with E-state index in [4.69, 9.17) is 5.73 Å². The zero-order valence-corrected chi connectivity index (χ0v) is 11.5. The van der Waals surface area contributed by atoms with Crippen LogP contribution < -0.4 is 10.5 Å². The first-order valence-corrected chi connectivity index (χ1v) is 7.18. The maximum Gasteiger partial charge on any atom is 0.262 e. The minimum atomic E-state index is -3.65. The maximum absolute atomic E-state index is 12.3. The van der Waals surface area contributed by atoms with Crippen molar-refractivity contribution in [1.29, 1.82) is 0 Å². The summed E-state index contributed by atoms with van der Waals surface area (Å²) in [5.41, 5.74) is 7.97. The highest BCUT2D eigenvalue weighted by Crippen LogP contribution is 2.20. The molecule has 2 aromatic rings. The summed E-state index contributed by atoms with van der Waals surface area (Å²) in [5, 5.41) is 0. The Morgan fingerprint density at radius 3 is 2.58 bits per heavy atom. The van der Waals surface area contributed by atoms with E-state index < -0.39 is 10.0 Å². The standard InChI is InChI=1S/C13H15N3O2S/c1-9-6-11(14)8-12(7-9)19(17,18)16-13-4-3-5-15-10(13)2/h3-8,16H,14H2,1-2H3. The van der Waals surface area contributed by atoms with Gasteiger partial charge in [0, 0.05) is 11.9 Å². The molecular weight excluding hydrogens is 262 g/mol. The van der Waals surface area contributed by atoms with Crippen molar-refractivity contribution in [2.75, 3.05) is 10.5 Å². The van der Waals surface area contributed by atoms with Gasteiger partial charge in [0.2, 0.25) is 0 Å². The molecule has 0 aliphatic rings. The third-order valence-electron chi connectivity index (χ3n) is 2.63. The number of aromatic nitrogens is 1. The van der Waals surface area contributed by atoms with E-state index in [1.165, 1.54) is 6.07 Å². The third-order valence-corrected chi connectivity index (χ3v) is 3.98. The van der Waals surface area contributed by atoms with Gasteiger partial charge in [-0.3, -0.25) is 9.71 Å². The molecule has 19 heavy (non-hydrogen) atoms. The molecule has 2 rings (SSSR count). The van der Waals surface area contributed by atoms with E-state index in [9.17, 15) is 8.42 Å². The molecule has 5 nitrogen and oxygen atoms in total. The minimum absolute atomic E-state index is 0.147. The van der Waals surface area contributed by atoms with Crippen LogP contribution in [-0.2, 0) is 10.0 Å². The van der Waals surface area contributed by atoms with Crippen molar-refractivity contribution in [2.45, 2.75) is 18.7 Å². The van der Waals surface area contributed by atoms with Crippen molar-refractivity contribution in [2.24, 2.45) is 0 Å². The number of anilines is 2. The van der Waals surface area contributed by atoms with E-state index in [-0.39, 0.29) is 4.90 Å². The van der Waals surface area contributed by atoms with E-state index in [2.05, 4.69) is 9.71 Å². The summed E-state index contributed by atoms with van der Waals surface area (Å²) in [4.78, 5) is 4.19. The van der Waals surface area contributed by atoms with Gasteiger partial charge in [-0.15, -0.1) is 0 Å². The van der Waals surface area contributed by atoms with Gasteiger partial charge in [-0.25, -0.2) is 8.42 Å². The van der Waals surface area contributed by atoms with E-state index in [1.807, 2.05) is 0 Å². The van der Waals surface area contributed by atoms with Crippen LogP contribution in [0.2, 0.25) is 0 Å².